The Hall–Kier alpha value is -2.24. The SMILES string of the molecule is COC(=O)C(C)NC(=O)c1cccc2c1OCCO2. The van der Waals surface area contributed by atoms with Crippen molar-refractivity contribution in [3.8, 4) is 11.5 Å². The van der Waals surface area contributed by atoms with E-state index in [2.05, 4.69) is 10.1 Å². The monoisotopic (exact) mass is 265 g/mol. The highest BCUT2D eigenvalue weighted by Gasteiger charge is 2.23. The van der Waals surface area contributed by atoms with Gasteiger partial charge in [-0.2, -0.15) is 0 Å². The predicted octanol–water partition coefficient (Wildman–Crippen LogP) is 0.749. The van der Waals surface area contributed by atoms with E-state index in [1.54, 1.807) is 25.1 Å². The maximum Gasteiger partial charge on any atom is 0.328 e. The van der Waals surface area contributed by atoms with Crippen LogP contribution in [0.4, 0.5) is 0 Å². The summed E-state index contributed by atoms with van der Waals surface area (Å²) in [5, 5.41) is 2.55. The molecular weight excluding hydrogens is 250 g/mol. The Kier molecular flexibility index (Phi) is 3.89. The number of carbonyl (C=O) groups excluding carboxylic acids is 2. The lowest BCUT2D eigenvalue weighted by Gasteiger charge is -2.21. The molecule has 0 saturated heterocycles. The van der Waals surface area contributed by atoms with Crippen molar-refractivity contribution >= 4 is 11.9 Å². The Morgan fingerprint density at radius 3 is 2.79 bits per heavy atom. The molecule has 0 fully saturated rings. The summed E-state index contributed by atoms with van der Waals surface area (Å²) in [7, 11) is 1.27. The third-order valence-electron chi connectivity index (χ3n) is 2.71. The van der Waals surface area contributed by atoms with Crippen LogP contribution in [-0.4, -0.2) is 38.2 Å². The van der Waals surface area contributed by atoms with Crippen molar-refractivity contribution < 1.29 is 23.8 Å². The van der Waals surface area contributed by atoms with E-state index < -0.39 is 17.9 Å². The molecule has 0 bridgehead atoms. The van der Waals surface area contributed by atoms with E-state index in [0.29, 0.717) is 30.3 Å². The summed E-state index contributed by atoms with van der Waals surface area (Å²) in [5.74, 6) is 0.0310. The average molecular weight is 265 g/mol. The number of hydrogen-bond acceptors (Lipinski definition) is 5. The van der Waals surface area contributed by atoms with Gasteiger partial charge in [0, 0.05) is 0 Å². The first-order chi connectivity index (χ1) is 9.13. The number of hydrogen-bond donors (Lipinski definition) is 1. The summed E-state index contributed by atoms with van der Waals surface area (Å²) in [6.07, 6.45) is 0. The lowest BCUT2D eigenvalue weighted by atomic mass is 10.1. The van der Waals surface area contributed by atoms with Gasteiger partial charge in [0.25, 0.3) is 5.91 Å². The second-order valence-electron chi connectivity index (χ2n) is 4.05. The molecule has 0 radical (unpaired) electrons. The van der Waals surface area contributed by atoms with Crippen molar-refractivity contribution in [3.63, 3.8) is 0 Å². The molecule has 19 heavy (non-hydrogen) atoms. The zero-order valence-corrected chi connectivity index (χ0v) is 10.8. The fraction of sp³-hybridized carbons (Fsp3) is 0.385. The zero-order chi connectivity index (χ0) is 13.8. The molecule has 1 heterocycles. The summed E-state index contributed by atoms with van der Waals surface area (Å²) in [6.45, 7) is 2.40. The van der Waals surface area contributed by atoms with Gasteiger partial charge in [-0.05, 0) is 19.1 Å². The van der Waals surface area contributed by atoms with Gasteiger partial charge in [0.15, 0.2) is 11.5 Å². The Bertz CT molecular complexity index is 500. The highest BCUT2D eigenvalue weighted by molar-refractivity contribution is 5.99. The van der Waals surface area contributed by atoms with Gasteiger partial charge in [0.2, 0.25) is 0 Å². The second-order valence-corrected chi connectivity index (χ2v) is 4.05. The maximum atomic E-state index is 12.1. The van der Waals surface area contributed by atoms with Crippen LogP contribution in [0.3, 0.4) is 0 Å². The fourth-order valence-corrected chi connectivity index (χ4v) is 1.76. The van der Waals surface area contributed by atoms with Crippen molar-refractivity contribution in [2.45, 2.75) is 13.0 Å². The minimum atomic E-state index is -0.724. The van der Waals surface area contributed by atoms with Crippen molar-refractivity contribution in [3.05, 3.63) is 23.8 Å². The van der Waals surface area contributed by atoms with Crippen molar-refractivity contribution in [2.75, 3.05) is 20.3 Å². The van der Waals surface area contributed by atoms with Crippen LogP contribution in [0.25, 0.3) is 0 Å². The summed E-state index contributed by atoms with van der Waals surface area (Å²) in [4.78, 5) is 23.4. The third kappa shape index (κ3) is 2.78. The molecule has 2 rings (SSSR count). The summed E-state index contributed by atoms with van der Waals surface area (Å²) in [5.41, 5.74) is 0.341. The predicted molar refractivity (Wildman–Crippen MR) is 66.4 cm³/mol. The molecule has 1 atom stereocenters. The minimum absolute atomic E-state index is 0.341. The lowest BCUT2D eigenvalue weighted by molar-refractivity contribution is -0.142. The number of benzene rings is 1. The first-order valence-electron chi connectivity index (χ1n) is 5.90. The third-order valence-corrected chi connectivity index (χ3v) is 2.71. The molecule has 1 aliphatic heterocycles. The van der Waals surface area contributed by atoms with Crippen LogP contribution in [0, 0.1) is 0 Å². The normalized spacial score (nSPS) is 14.4. The molecule has 1 aromatic rings. The number of carbonyl (C=O) groups is 2. The quantitative estimate of drug-likeness (QED) is 0.816. The molecule has 1 aliphatic rings. The molecule has 0 aliphatic carbocycles. The van der Waals surface area contributed by atoms with Crippen molar-refractivity contribution in [2.24, 2.45) is 0 Å². The smallest absolute Gasteiger partial charge is 0.328 e. The van der Waals surface area contributed by atoms with Crippen LogP contribution in [0.2, 0.25) is 0 Å². The number of ether oxygens (including phenoxy) is 3. The molecule has 1 N–H and O–H groups in total. The van der Waals surface area contributed by atoms with Gasteiger partial charge in [-0.15, -0.1) is 0 Å². The lowest BCUT2D eigenvalue weighted by Crippen LogP contribution is -2.39. The molecule has 0 aromatic heterocycles. The molecule has 6 heteroatoms. The molecule has 1 unspecified atom stereocenters. The van der Waals surface area contributed by atoms with Gasteiger partial charge in [0.1, 0.15) is 19.3 Å². The van der Waals surface area contributed by atoms with Crippen molar-refractivity contribution in [1.29, 1.82) is 0 Å². The zero-order valence-electron chi connectivity index (χ0n) is 10.8. The topological polar surface area (TPSA) is 73.9 Å². The first kappa shape index (κ1) is 13.2. The fourth-order valence-electron chi connectivity index (χ4n) is 1.76. The number of nitrogens with one attached hydrogen (secondary N) is 1. The number of para-hydroxylation sites is 1. The molecule has 1 aromatic carbocycles. The van der Waals surface area contributed by atoms with Crippen LogP contribution in [0.15, 0.2) is 18.2 Å². The minimum Gasteiger partial charge on any atom is -0.486 e. The standard InChI is InChI=1S/C13H15NO5/c1-8(13(16)17-2)14-12(15)9-4-3-5-10-11(9)19-7-6-18-10/h3-5,8H,6-7H2,1-2H3,(H,14,15). The van der Waals surface area contributed by atoms with E-state index in [1.807, 2.05) is 0 Å². The first-order valence-corrected chi connectivity index (χ1v) is 5.90. The van der Waals surface area contributed by atoms with Gasteiger partial charge < -0.3 is 19.5 Å². The van der Waals surface area contributed by atoms with E-state index in [-0.39, 0.29) is 0 Å². The van der Waals surface area contributed by atoms with E-state index in [4.69, 9.17) is 9.47 Å². The molecule has 1 amide bonds. The molecule has 102 valence electrons. The van der Waals surface area contributed by atoms with Crippen LogP contribution in [-0.2, 0) is 9.53 Å². The van der Waals surface area contributed by atoms with Crippen LogP contribution < -0.4 is 14.8 Å². The number of esters is 1. The van der Waals surface area contributed by atoms with Crippen LogP contribution >= 0.6 is 0 Å². The van der Waals surface area contributed by atoms with Gasteiger partial charge in [-0.3, -0.25) is 4.79 Å². The van der Waals surface area contributed by atoms with E-state index >= 15 is 0 Å². The number of methoxy groups -OCH3 is 1. The van der Waals surface area contributed by atoms with E-state index in [9.17, 15) is 9.59 Å². The largest absolute Gasteiger partial charge is 0.486 e. The van der Waals surface area contributed by atoms with Gasteiger partial charge in [-0.1, -0.05) is 6.07 Å². The van der Waals surface area contributed by atoms with Gasteiger partial charge in [0.05, 0.1) is 12.7 Å². The highest BCUT2D eigenvalue weighted by atomic mass is 16.6. The molecule has 6 nitrogen and oxygen atoms in total. The summed E-state index contributed by atoms with van der Waals surface area (Å²) < 4.78 is 15.4. The average Bonchev–Trinajstić information content (AvgIpc) is 2.45. The Morgan fingerprint density at radius 2 is 2.05 bits per heavy atom. The van der Waals surface area contributed by atoms with Crippen LogP contribution in [0.5, 0.6) is 11.5 Å². The molecule has 0 spiro atoms. The molecular formula is C13H15NO5. The number of rotatable bonds is 3. The van der Waals surface area contributed by atoms with Gasteiger partial charge >= 0.3 is 5.97 Å². The number of fused-ring (bicyclic) bond motifs is 1. The Morgan fingerprint density at radius 1 is 1.32 bits per heavy atom. The summed E-state index contributed by atoms with van der Waals surface area (Å²) in [6, 6.07) is 4.32. The maximum absolute atomic E-state index is 12.1. The van der Waals surface area contributed by atoms with Gasteiger partial charge in [-0.25, -0.2) is 4.79 Å². The van der Waals surface area contributed by atoms with E-state index in [1.165, 1.54) is 7.11 Å². The second kappa shape index (κ2) is 5.60. The van der Waals surface area contributed by atoms with Crippen LogP contribution in [0.1, 0.15) is 17.3 Å². The Balaban J connectivity index is 2.18. The van der Waals surface area contributed by atoms with E-state index in [0.717, 1.165) is 0 Å². The summed E-state index contributed by atoms with van der Waals surface area (Å²) >= 11 is 0. The van der Waals surface area contributed by atoms with Crippen molar-refractivity contribution in [1.82, 2.24) is 5.32 Å². The highest BCUT2D eigenvalue weighted by Crippen LogP contribution is 2.33. The number of amides is 1. The Labute approximate surface area is 110 Å². The molecule has 0 saturated carbocycles.